The number of alkyl halides is 3. The smallest absolute Gasteiger partial charge is 0.480 e. The number of imidazole rings is 4. The Morgan fingerprint density at radius 2 is 0.753 bits per heavy atom. The van der Waals surface area contributed by atoms with Gasteiger partial charge >= 0.3 is 18.1 Å². The van der Waals surface area contributed by atoms with Gasteiger partial charge in [-0.25, -0.2) is 24.7 Å². The second-order valence-electron chi connectivity index (χ2n) is 21.7. The molecule has 4 aromatic heterocycles. The molecule has 0 aliphatic heterocycles. The number of aliphatic hydroxyl groups excluding tert-OH is 1. The van der Waals surface area contributed by atoms with Gasteiger partial charge < -0.3 is 111 Å². The predicted octanol–water partition coefficient (Wildman–Crippen LogP) is -8.56. The summed E-state index contributed by atoms with van der Waals surface area (Å²) < 4.78 is 31.7. The minimum Gasteiger partial charge on any atom is -0.480 e. The largest absolute Gasteiger partial charge is 0.490 e. The van der Waals surface area contributed by atoms with Crippen LogP contribution in [0.5, 0.6) is 0 Å². The minimum atomic E-state index is -5.08. The van der Waals surface area contributed by atoms with Crippen LogP contribution in [0.25, 0.3) is 0 Å². The zero-order valence-corrected chi connectivity index (χ0v) is 52.4. The van der Waals surface area contributed by atoms with Crippen molar-refractivity contribution in [3.8, 4) is 0 Å². The molecule has 0 aromatic carbocycles. The highest BCUT2D eigenvalue weighted by Gasteiger charge is 2.39. The summed E-state index contributed by atoms with van der Waals surface area (Å²) in [4.78, 5) is 218. The first-order valence-corrected chi connectivity index (χ1v) is 29.2. The van der Waals surface area contributed by atoms with Gasteiger partial charge in [-0.3, -0.25) is 67.1 Å². The first kappa shape index (κ1) is 79.8. The topological polar surface area (TPSA) is 628 Å². The lowest BCUT2D eigenvalue weighted by molar-refractivity contribution is -0.192. The number of carbonyl (C=O) groups is 15. The molecule has 0 saturated heterocycles. The zero-order valence-electron chi connectivity index (χ0n) is 52.4. The van der Waals surface area contributed by atoms with Gasteiger partial charge in [-0.05, 0) is 18.3 Å². The summed E-state index contributed by atoms with van der Waals surface area (Å²) in [6.07, 6.45) is 4.31. The number of rotatable bonds is 39. The second-order valence-corrected chi connectivity index (χ2v) is 21.7. The van der Waals surface area contributed by atoms with Crippen LogP contribution in [0.1, 0.15) is 63.3 Å². The number of hydrogen-bond donors (Lipinski definition) is 21. The Labute approximate surface area is 547 Å². The number of aliphatic carboxylic acids is 2. The van der Waals surface area contributed by atoms with Crippen molar-refractivity contribution in [2.24, 2.45) is 23.3 Å². The number of carboxylic acids is 2. The van der Waals surface area contributed by atoms with E-state index in [0.29, 0.717) is 22.8 Å². The van der Waals surface area contributed by atoms with Crippen molar-refractivity contribution in [3.63, 3.8) is 0 Å². The number of nitrogens with zero attached hydrogens (tertiary/aromatic N) is 4. The molecule has 13 amide bonds. The van der Waals surface area contributed by atoms with Gasteiger partial charge in [-0.1, -0.05) is 27.7 Å². The maximum absolute atomic E-state index is 13.9. The molecule has 532 valence electrons. The van der Waals surface area contributed by atoms with E-state index in [0.717, 1.165) is 0 Å². The van der Waals surface area contributed by atoms with Gasteiger partial charge in [0, 0.05) is 79.7 Å². The van der Waals surface area contributed by atoms with Gasteiger partial charge in [0.15, 0.2) is 0 Å². The van der Waals surface area contributed by atoms with Gasteiger partial charge in [0.25, 0.3) is 0 Å². The Bertz CT molecular complexity index is 3300. The van der Waals surface area contributed by atoms with Crippen LogP contribution in [0.2, 0.25) is 0 Å². The molecular weight excluding hydrogens is 1300 g/mol. The molecule has 0 saturated carbocycles. The summed E-state index contributed by atoms with van der Waals surface area (Å²) in [5, 5.41) is 54.7. The third-order valence-corrected chi connectivity index (χ3v) is 13.2. The number of carbonyl (C=O) groups excluding carboxylic acids is 13. The number of primary amides is 1. The van der Waals surface area contributed by atoms with Gasteiger partial charge in [-0.2, -0.15) is 13.2 Å². The number of aromatic amines is 4. The van der Waals surface area contributed by atoms with Crippen molar-refractivity contribution in [3.05, 3.63) is 72.9 Å². The third kappa shape index (κ3) is 30.0. The molecule has 40 nitrogen and oxygen atoms in total. The highest BCUT2D eigenvalue weighted by Crippen LogP contribution is 2.13. The van der Waals surface area contributed by atoms with Gasteiger partial charge in [0.2, 0.25) is 76.8 Å². The Hall–Kier alpha value is -11.4. The summed E-state index contributed by atoms with van der Waals surface area (Å²) in [6.45, 7) is 1.63. The fraction of sp³-hybridized carbons (Fsp3) is 0.500. The number of halogens is 3. The monoisotopic (exact) mass is 1380 g/mol. The molecule has 0 radical (unpaired) electrons. The third-order valence-electron chi connectivity index (χ3n) is 13.2. The summed E-state index contributed by atoms with van der Waals surface area (Å²) in [7, 11) is 0. The van der Waals surface area contributed by atoms with Crippen LogP contribution in [0, 0.1) is 11.8 Å². The molecule has 4 aromatic rings. The molecule has 0 unspecified atom stereocenters. The average molecular weight is 1380 g/mol. The van der Waals surface area contributed by atoms with E-state index in [2.05, 4.69) is 104 Å². The van der Waals surface area contributed by atoms with Crippen LogP contribution in [-0.2, 0) is 97.6 Å². The standard InChI is InChI=1S/C52H76N22O16.C2HF3O2/c1-25(2)43(51(89)71-35(10-30-14-58-24-67-30)48(86)63-19-42(81)82)74-41(80)18-61-47(85)34(9-29-13-57-23-66-29)70-50(88)32(5-6-37(54)76)68-38(77)15-60-46(84)33(8-28-12-56-22-65-28)69-39(78)16-62-49(87)36(20-75)72-52(90)44(26(3)4)73-40(79)17-59-45(83)31(53)7-27-11-55-21-64-27;3-2(4,5)1(6)7/h11-14,21-26,31-36,43-44,75H,5-10,15-20,53H2,1-4H3,(H2,54,76)(H,55,64)(H,56,65)(H,57,66)(H,58,67)(H,59,83)(H,60,84)(H,61,85)(H,62,87)(H,63,86)(H,68,77)(H,69,78)(H,70,88)(H,71,89)(H,72,90)(H,73,79)(H,74,80)(H,81,82);(H,6,7)/t31-,32-,33-,34-,35-,36-,43-,44-;/m0./s1. The molecule has 43 heteroatoms. The Kier molecular flexibility index (Phi) is 32.9. The molecule has 0 aliphatic carbocycles. The highest BCUT2D eigenvalue weighted by molar-refractivity contribution is 5.98. The number of aromatic nitrogens is 8. The van der Waals surface area contributed by atoms with E-state index in [1.54, 1.807) is 27.7 Å². The van der Waals surface area contributed by atoms with Crippen molar-refractivity contribution in [2.75, 3.05) is 39.3 Å². The van der Waals surface area contributed by atoms with Gasteiger partial charge in [0.1, 0.15) is 48.8 Å². The summed E-state index contributed by atoms with van der Waals surface area (Å²) >= 11 is 0. The fourth-order valence-corrected chi connectivity index (χ4v) is 8.21. The Morgan fingerprint density at radius 1 is 0.443 bits per heavy atom. The summed E-state index contributed by atoms with van der Waals surface area (Å²) in [5.74, 6) is -17.0. The van der Waals surface area contributed by atoms with Crippen molar-refractivity contribution < 1.29 is 100 Å². The molecule has 97 heavy (non-hydrogen) atoms. The van der Waals surface area contributed by atoms with Crippen molar-refractivity contribution >= 4 is 88.7 Å². The van der Waals surface area contributed by atoms with Gasteiger partial charge in [0.05, 0.1) is 64.1 Å². The van der Waals surface area contributed by atoms with Crippen LogP contribution >= 0.6 is 0 Å². The van der Waals surface area contributed by atoms with E-state index in [-0.39, 0.29) is 25.7 Å². The van der Waals surface area contributed by atoms with Crippen LogP contribution in [0.15, 0.2) is 50.1 Å². The molecule has 23 N–H and O–H groups in total. The predicted molar refractivity (Wildman–Crippen MR) is 322 cm³/mol. The fourth-order valence-electron chi connectivity index (χ4n) is 8.21. The zero-order chi connectivity index (χ0) is 72.5. The van der Waals surface area contributed by atoms with Gasteiger partial charge in [-0.15, -0.1) is 0 Å². The van der Waals surface area contributed by atoms with E-state index in [9.17, 15) is 85.4 Å². The lowest BCUT2D eigenvalue weighted by Gasteiger charge is -2.25. The van der Waals surface area contributed by atoms with Crippen molar-refractivity contribution in [1.29, 1.82) is 0 Å². The maximum Gasteiger partial charge on any atom is 0.490 e. The quantitative estimate of drug-likeness (QED) is 0.0197. The number of carboxylic acid groups (broad SMARTS) is 2. The molecule has 0 aliphatic rings. The number of nitrogens with two attached hydrogens (primary N) is 2. The number of amides is 13. The lowest BCUT2D eigenvalue weighted by Crippen LogP contribution is -2.58. The molecule has 8 atom stereocenters. The number of hydrogen-bond acceptors (Lipinski definition) is 21. The number of nitrogens with one attached hydrogen (secondary N) is 16. The van der Waals surface area contributed by atoms with Crippen LogP contribution in [-0.4, -0.2) is 238 Å². The van der Waals surface area contributed by atoms with E-state index in [1.807, 2.05) is 0 Å². The molecule has 0 spiro atoms. The molecule has 4 rings (SSSR count). The summed E-state index contributed by atoms with van der Waals surface area (Å²) in [6, 6.07) is -11.1. The van der Waals surface area contributed by atoms with E-state index >= 15 is 0 Å². The lowest BCUT2D eigenvalue weighted by atomic mass is 10.0. The SMILES string of the molecule is CC(C)[C@H](NC(=O)CNC(=O)[C@@H](N)Cc1cnc[nH]1)C(=O)N[C@@H](CO)C(=O)NCC(=O)N[C@@H](Cc1cnc[nH]1)C(=O)NCC(=O)N[C@@H](CCC(N)=O)C(=O)N[C@@H](Cc1cnc[nH]1)C(=O)NCC(=O)N[C@H](C(=O)N[C@@H](Cc1cnc[nH]1)C(=O)NCC(=O)O)C(C)C.O=C(O)C(F)(F)F. The molecule has 4 heterocycles. The van der Waals surface area contributed by atoms with E-state index in [4.69, 9.17) is 26.5 Å². The van der Waals surface area contributed by atoms with Crippen LogP contribution < -0.4 is 75.3 Å². The number of aliphatic hydroxyl groups is 1. The first-order chi connectivity index (χ1) is 45.7. The van der Waals surface area contributed by atoms with E-state index in [1.165, 1.54) is 50.1 Å². The van der Waals surface area contributed by atoms with Crippen LogP contribution in [0.4, 0.5) is 13.2 Å². The number of H-pyrrole nitrogens is 4. The molecular formula is C54H77F3N22O18. The summed E-state index contributed by atoms with van der Waals surface area (Å²) in [5.41, 5.74) is 12.9. The Morgan fingerprint density at radius 3 is 1.08 bits per heavy atom. The Balaban J connectivity index is 0.00000330. The minimum absolute atomic E-state index is 0.104. The normalized spacial score (nSPS) is 13.5. The van der Waals surface area contributed by atoms with E-state index < -0.39 is 207 Å². The maximum atomic E-state index is 13.9. The second kappa shape index (κ2) is 40.0. The molecule has 0 fully saturated rings. The van der Waals surface area contributed by atoms with Crippen LogP contribution in [0.3, 0.4) is 0 Å². The average Bonchev–Trinajstić information content (AvgIpc) is 2.03. The highest BCUT2D eigenvalue weighted by atomic mass is 19.4. The van der Waals surface area contributed by atoms with Crippen molar-refractivity contribution in [2.45, 2.75) is 121 Å². The van der Waals surface area contributed by atoms with Crippen molar-refractivity contribution in [1.82, 2.24) is 104 Å². The first-order valence-electron chi connectivity index (χ1n) is 29.2. The molecule has 0 bridgehead atoms.